The average Bonchev–Trinajstić information content (AvgIpc) is 2.85. The molecule has 196 valence electrons. The number of likely N-dealkylation sites (N-methyl/N-ethyl adjacent to an activating group) is 1. The van der Waals surface area contributed by atoms with Crippen molar-refractivity contribution in [2.24, 2.45) is 0 Å². The number of hydrogen-bond acceptors (Lipinski definition) is 4. The first-order chi connectivity index (χ1) is 16.5. The van der Waals surface area contributed by atoms with Gasteiger partial charge in [0, 0.05) is 37.2 Å². The van der Waals surface area contributed by atoms with Crippen LogP contribution >= 0.6 is 11.6 Å². The van der Waals surface area contributed by atoms with Crippen molar-refractivity contribution in [3.8, 4) is 5.75 Å². The first kappa shape index (κ1) is 31.4. The van der Waals surface area contributed by atoms with E-state index >= 15 is 0 Å². The van der Waals surface area contributed by atoms with Crippen molar-refractivity contribution in [2.45, 2.75) is 19.8 Å². The Morgan fingerprint density at radius 1 is 1.00 bits per heavy atom. The Morgan fingerprint density at radius 3 is 2.43 bits per heavy atom. The van der Waals surface area contributed by atoms with Gasteiger partial charge in [0.2, 0.25) is 0 Å². The van der Waals surface area contributed by atoms with Crippen LogP contribution in [-0.2, 0) is 15.9 Å². The highest BCUT2D eigenvalue weighted by atomic mass is 127. The molecule has 9 heteroatoms. The molecule has 7 nitrogen and oxygen atoms in total. The number of carbonyl (C=O) groups is 1. The van der Waals surface area contributed by atoms with E-state index in [0.29, 0.717) is 26.4 Å². The van der Waals surface area contributed by atoms with Crippen LogP contribution in [0.3, 0.4) is 0 Å². The van der Waals surface area contributed by atoms with Crippen LogP contribution < -0.4 is 39.3 Å². The molecule has 0 saturated carbocycles. The molecular weight excluding hydrogens is 581 g/mol. The zero-order valence-electron chi connectivity index (χ0n) is 21.0. The topological polar surface area (TPSA) is 68.8 Å². The number of nitrogens with one attached hydrogen (secondary N) is 2. The van der Waals surface area contributed by atoms with Gasteiger partial charge in [-0.1, -0.05) is 23.7 Å². The third kappa shape index (κ3) is 12.3. The molecule has 0 fully saturated rings. The number of anilines is 1. The van der Waals surface area contributed by atoms with E-state index in [0.717, 1.165) is 60.0 Å². The van der Waals surface area contributed by atoms with Crippen LogP contribution in [0.4, 0.5) is 10.5 Å². The Bertz CT molecular complexity index is 857. The third-order valence-electron chi connectivity index (χ3n) is 6.02. The van der Waals surface area contributed by atoms with Crippen LogP contribution in [-0.4, -0.2) is 77.3 Å². The predicted octanol–water partition coefficient (Wildman–Crippen LogP) is 1.61. The van der Waals surface area contributed by atoms with Crippen LogP contribution in [0.5, 0.6) is 5.75 Å². The van der Waals surface area contributed by atoms with Crippen LogP contribution in [0, 0.1) is 0 Å². The van der Waals surface area contributed by atoms with Crippen molar-refractivity contribution in [3.05, 3.63) is 59.1 Å². The number of methoxy groups -OCH3 is 2. The van der Waals surface area contributed by atoms with Crippen LogP contribution in [0.1, 0.15) is 18.9 Å². The van der Waals surface area contributed by atoms with Gasteiger partial charge in [-0.05, 0) is 48.9 Å². The highest BCUT2D eigenvalue weighted by Crippen LogP contribution is 2.16. The molecule has 1 atom stereocenters. The summed E-state index contributed by atoms with van der Waals surface area (Å²) in [7, 11) is 3.29. The maximum Gasteiger partial charge on any atom is 0.319 e. The molecule has 0 aliphatic carbocycles. The molecule has 2 aromatic rings. The zero-order chi connectivity index (χ0) is 24.7. The fourth-order valence-electron chi connectivity index (χ4n) is 3.84. The van der Waals surface area contributed by atoms with Gasteiger partial charge in [-0.25, -0.2) is 4.79 Å². The van der Waals surface area contributed by atoms with E-state index in [2.05, 4.69) is 23.6 Å². The molecule has 0 heterocycles. The summed E-state index contributed by atoms with van der Waals surface area (Å²) in [5.41, 5.74) is 1.97. The molecule has 0 aromatic heterocycles. The van der Waals surface area contributed by atoms with E-state index in [1.165, 1.54) is 5.56 Å². The Balaban J connectivity index is 0.00000612. The molecule has 0 bridgehead atoms. The van der Waals surface area contributed by atoms with Gasteiger partial charge < -0.3 is 53.3 Å². The van der Waals surface area contributed by atoms with Crippen molar-refractivity contribution in [3.63, 3.8) is 0 Å². The van der Waals surface area contributed by atoms with Gasteiger partial charge in [-0.15, -0.1) is 0 Å². The summed E-state index contributed by atoms with van der Waals surface area (Å²) in [6, 6.07) is 15.1. The molecular formula is C26H39ClIN3O4. The lowest BCUT2D eigenvalue weighted by molar-refractivity contribution is -0.926. The standard InChI is InChI=1S/C26H38ClN3O4.HI/c1-4-30(17-18-34-20-19-32-2,16-13-22-7-5-8-23(27)21-22)15-6-14-28-26(31)29-24-9-11-25(33-3)12-10-24;/h5,7-12,21H,4,6,13-20H2,1-3H3,(H-,28,29,31);1H. The Morgan fingerprint density at radius 2 is 1.77 bits per heavy atom. The molecule has 2 N–H and O–H groups in total. The van der Waals surface area contributed by atoms with Gasteiger partial charge in [0.05, 0.1) is 46.6 Å². The number of carbonyl (C=O) groups excluding carboxylic acids is 1. The number of rotatable bonds is 16. The Kier molecular flexibility index (Phi) is 16.0. The van der Waals surface area contributed by atoms with Crippen molar-refractivity contribution >= 4 is 23.3 Å². The zero-order valence-corrected chi connectivity index (χ0v) is 23.9. The number of quaternary nitrogens is 1. The molecule has 0 aliphatic heterocycles. The molecule has 0 aliphatic rings. The van der Waals surface area contributed by atoms with Crippen LogP contribution in [0.15, 0.2) is 48.5 Å². The van der Waals surface area contributed by atoms with Gasteiger partial charge in [0.15, 0.2) is 0 Å². The van der Waals surface area contributed by atoms with Gasteiger partial charge in [-0.3, -0.25) is 0 Å². The minimum Gasteiger partial charge on any atom is -1.00 e. The fraction of sp³-hybridized carbons (Fsp3) is 0.500. The minimum absolute atomic E-state index is 0. The second-order valence-electron chi connectivity index (χ2n) is 8.28. The predicted molar refractivity (Wildman–Crippen MR) is 138 cm³/mol. The molecule has 2 rings (SSSR count). The molecule has 0 saturated heterocycles. The highest BCUT2D eigenvalue weighted by molar-refractivity contribution is 6.30. The van der Waals surface area contributed by atoms with Crippen molar-refractivity contribution in [2.75, 3.05) is 72.1 Å². The molecule has 1 unspecified atom stereocenters. The van der Waals surface area contributed by atoms with E-state index in [4.69, 9.17) is 25.8 Å². The Hall–Kier alpha value is -1.59. The summed E-state index contributed by atoms with van der Waals surface area (Å²) in [4.78, 5) is 12.3. The number of amides is 2. The summed E-state index contributed by atoms with van der Waals surface area (Å²) < 4.78 is 16.9. The van der Waals surface area contributed by atoms with Crippen LogP contribution in [0.2, 0.25) is 5.02 Å². The normalized spacial score (nSPS) is 12.3. The fourth-order valence-corrected chi connectivity index (χ4v) is 4.05. The summed E-state index contributed by atoms with van der Waals surface area (Å²) >= 11 is 6.18. The second kappa shape index (κ2) is 17.8. The summed E-state index contributed by atoms with van der Waals surface area (Å²) in [5.74, 6) is 0.753. The van der Waals surface area contributed by atoms with Gasteiger partial charge >= 0.3 is 6.03 Å². The first-order valence-electron chi connectivity index (χ1n) is 11.9. The second-order valence-corrected chi connectivity index (χ2v) is 8.71. The quantitative estimate of drug-likeness (QED) is 0.170. The molecule has 2 amide bonds. The lowest BCUT2D eigenvalue weighted by atomic mass is 10.1. The number of nitrogens with zero attached hydrogens (tertiary/aromatic N) is 1. The maximum absolute atomic E-state index is 12.3. The monoisotopic (exact) mass is 619 g/mol. The maximum atomic E-state index is 12.3. The third-order valence-corrected chi connectivity index (χ3v) is 6.25. The summed E-state index contributed by atoms with van der Waals surface area (Å²) in [5, 5.41) is 6.59. The molecule has 35 heavy (non-hydrogen) atoms. The smallest absolute Gasteiger partial charge is 0.319 e. The van der Waals surface area contributed by atoms with Crippen molar-refractivity contribution in [1.29, 1.82) is 0 Å². The molecule has 2 aromatic carbocycles. The van der Waals surface area contributed by atoms with E-state index in [-0.39, 0.29) is 30.0 Å². The van der Waals surface area contributed by atoms with Crippen LogP contribution in [0.25, 0.3) is 0 Å². The summed E-state index contributed by atoms with van der Waals surface area (Å²) in [6.45, 7) is 8.54. The van der Waals surface area contributed by atoms with E-state index in [1.54, 1.807) is 14.2 Å². The Labute approximate surface area is 232 Å². The first-order valence-corrected chi connectivity index (χ1v) is 12.2. The number of ether oxygens (including phenoxy) is 3. The van der Waals surface area contributed by atoms with Crippen molar-refractivity contribution in [1.82, 2.24) is 5.32 Å². The van der Waals surface area contributed by atoms with Gasteiger partial charge in [0.25, 0.3) is 0 Å². The van der Waals surface area contributed by atoms with Gasteiger partial charge in [0.1, 0.15) is 12.3 Å². The summed E-state index contributed by atoms with van der Waals surface area (Å²) in [6.07, 6.45) is 1.81. The molecule has 0 radical (unpaired) electrons. The van der Waals surface area contributed by atoms with E-state index < -0.39 is 0 Å². The largest absolute Gasteiger partial charge is 1.00 e. The SMILES string of the molecule is CC[N+](CCCNC(=O)Nc1ccc(OC)cc1)(CCOCCOC)CCc1cccc(Cl)c1.[I-]. The number of halogens is 2. The van der Waals surface area contributed by atoms with Crippen molar-refractivity contribution < 1.29 is 47.5 Å². The van der Waals surface area contributed by atoms with Gasteiger partial charge in [-0.2, -0.15) is 0 Å². The van der Waals surface area contributed by atoms with E-state index in [9.17, 15) is 4.79 Å². The highest BCUT2D eigenvalue weighted by Gasteiger charge is 2.25. The molecule has 0 spiro atoms. The average molecular weight is 620 g/mol. The number of hydrogen-bond donors (Lipinski definition) is 2. The number of benzene rings is 2. The lowest BCUT2D eigenvalue weighted by Gasteiger charge is -2.38. The lowest BCUT2D eigenvalue weighted by Crippen LogP contribution is -3.00. The minimum atomic E-state index is -0.207. The van der Waals surface area contributed by atoms with E-state index in [1.807, 2.05) is 42.5 Å². The number of urea groups is 1.